The van der Waals surface area contributed by atoms with E-state index in [1.165, 1.54) is 18.2 Å². The van der Waals surface area contributed by atoms with Crippen molar-refractivity contribution in [1.82, 2.24) is 5.32 Å². The minimum atomic E-state index is -0.745. The summed E-state index contributed by atoms with van der Waals surface area (Å²) >= 11 is 0. The number of carbonyl (C=O) groups excluding carboxylic acids is 1. The normalized spacial score (nSPS) is 12.0. The minimum absolute atomic E-state index is 0.216. The van der Waals surface area contributed by atoms with Crippen molar-refractivity contribution in [3.8, 4) is 5.75 Å². The standard InChI is InChI=1S/C14H20FNO4/c1-10(14(18)16-4-3-5-19-2)20-13-7-11(9-17)6-12(15)8-13/h6-8,10,17H,3-5,9H2,1-2H3,(H,16,18). The Morgan fingerprint density at radius 1 is 1.45 bits per heavy atom. The van der Waals surface area contributed by atoms with E-state index >= 15 is 0 Å². The molecule has 0 spiro atoms. The highest BCUT2D eigenvalue weighted by molar-refractivity contribution is 5.80. The number of hydrogen-bond donors (Lipinski definition) is 2. The SMILES string of the molecule is COCCCNC(=O)C(C)Oc1cc(F)cc(CO)c1. The number of benzene rings is 1. The Morgan fingerprint density at radius 3 is 2.85 bits per heavy atom. The van der Waals surface area contributed by atoms with Gasteiger partial charge in [0, 0.05) is 26.3 Å². The van der Waals surface area contributed by atoms with E-state index in [0.717, 1.165) is 0 Å². The Bertz CT molecular complexity index is 439. The van der Waals surface area contributed by atoms with Crippen LogP contribution in [-0.2, 0) is 16.1 Å². The maximum Gasteiger partial charge on any atom is 0.260 e. The minimum Gasteiger partial charge on any atom is -0.481 e. The Balaban J connectivity index is 2.50. The molecular weight excluding hydrogens is 265 g/mol. The molecule has 0 aliphatic rings. The van der Waals surface area contributed by atoms with E-state index in [1.807, 2.05) is 0 Å². The number of carbonyl (C=O) groups is 1. The summed E-state index contributed by atoms with van der Waals surface area (Å²) in [4.78, 5) is 11.7. The molecule has 6 heteroatoms. The van der Waals surface area contributed by atoms with Gasteiger partial charge < -0.3 is 19.9 Å². The second-order valence-electron chi connectivity index (χ2n) is 4.35. The Labute approximate surface area is 117 Å². The number of aliphatic hydroxyl groups is 1. The molecule has 0 aliphatic heterocycles. The highest BCUT2D eigenvalue weighted by Crippen LogP contribution is 2.17. The van der Waals surface area contributed by atoms with Gasteiger partial charge in [-0.25, -0.2) is 4.39 Å². The summed E-state index contributed by atoms with van der Waals surface area (Å²) in [5, 5.41) is 11.7. The summed E-state index contributed by atoms with van der Waals surface area (Å²) < 4.78 is 23.5. The average Bonchev–Trinajstić information content (AvgIpc) is 2.42. The van der Waals surface area contributed by atoms with Gasteiger partial charge in [0.2, 0.25) is 0 Å². The van der Waals surface area contributed by atoms with Crippen LogP contribution in [0.2, 0.25) is 0 Å². The number of halogens is 1. The summed E-state index contributed by atoms with van der Waals surface area (Å²) in [6.45, 7) is 2.35. The quantitative estimate of drug-likeness (QED) is 0.705. The van der Waals surface area contributed by atoms with Gasteiger partial charge in [-0.05, 0) is 31.0 Å². The van der Waals surface area contributed by atoms with Gasteiger partial charge in [0.1, 0.15) is 11.6 Å². The third kappa shape index (κ3) is 5.54. The number of amides is 1. The third-order valence-corrected chi connectivity index (χ3v) is 2.62. The fourth-order valence-corrected chi connectivity index (χ4v) is 1.61. The molecule has 1 aromatic carbocycles. The van der Waals surface area contributed by atoms with E-state index < -0.39 is 11.9 Å². The van der Waals surface area contributed by atoms with E-state index in [4.69, 9.17) is 14.6 Å². The molecule has 0 heterocycles. The molecule has 2 N–H and O–H groups in total. The molecular formula is C14H20FNO4. The molecule has 0 fully saturated rings. The van der Waals surface area contributed by atoms with Crippen LogP contribution >= 0.6 is 0 Å². The molecule has 112 valence electrons. The Hall–Kier alpha value is -1.66. The molecule has 1 amide bonds. The van der Waals surface area contributed by atoms with Crippen molar-refractivity contribution in [3.05, 3.63) is 29.6 Å². The Morgan fingerprint density at radius 2 is 2.20 bits per heavy atom. The first-order chi connectivity index (χ1) is 9.56. The highest BCUT2D eigenvalue weighted by Gasteiger charge is 2.14. The molecule has 1 rings (SSSR count). The molecule has 0 aliphatic carbocycles. The topological polar surface area (TPSA) is 67.8 Å². The number of hydrogen-bond acceptors (Lipinski definition) is 4. The van der Waals surface area contributed by atoms with Crippen molar-refractivity contribution in [2.75, 3.05) is 20.3 Å². The van der Waals surface area contributed by atoms with Gasteiger partial charge in [0.05, 0.1) is 6.61 Å². The molecule has 1 unspecified atom stereocenters. The van der Waals surface area contributed by atoms with Gasteiger partial charge in [-0.3, -0.25) is 4.79 Å². The predicted molar refractivity (Wildman–Crippen MR) is 71.9 cm³/mol. The highest BCUT2D eigenvalue weighted by atomic mass is 19.1. The lowest BCUT2D eigenvalue weighted by Crippen LogP contribution is -2.37. The number of nitrogens with one attached hydrogen (secondary N) is 1. The maximum absolute atomic E-state index is 13.2. The van der Waals surface area contributed by atoms with Crippen LogP contribution in [0.5, 0.6) is 5.75 Å². The van der Waals surface area contributed by atoms with Crippen LogP contribution in [0.4, 0.5) is 4.39 Å². The summed E-state index contributed by atoms with van der Waals surface area (Å²) in [6, 6.07) is 3.88. The molecule has 0 aromatic heterocycles. The lowest BCUT2D eigenvalue weighted by molar-refractivity contribution is -0.127. The lowest BCUT2D eigenvalue weighted by atomic mass is 10.2. The van der Waals surface area contributed by atoms with Gasteiger partial charge >= 0.3 is 0 Å². The number of methoxy groups -OCH3 is 1. The smallest absolute Gasteiger partial charge is 0.260 e. The van der Waals surface area contributed by atoms with Gasteiger partial charge in [-0.1, -0.05) is 0 Å². The fourth-order valence-electron chi connectivity index (χ4n) is 1.61. The molecule has 20 heavy (non-hydrogen) atoms. The van der Waals surface area contributed by atoms with E-state index in [2.05, 4.69) is 5.32 Å². The average molecular weight is 285 g/mol. The zero-order chi connectivity index (χ0) is 15.0. The van der Waals surface area contributed by atoms with Crippen molar-refractivity contribution in [3.63, 3.8) is 0 Å². The zero-order valence-electron chi connectivity index (χ0n) is 11.7. The fraction of sp³-hybridized carbons (Fsp3) is 0.500. The summed E-state index contributed by atoms with van der Waals surface area (Å²) in [6.07, 6.45) is -0.0327. The van der Waals surface area contributed by atoms with Crippen molar-refractivity contribution in [1.29, 1.82) is 0 Å². The number of rotatable bonds is 8. The van der Waals surface area contributed by atoms with Gasteiger partial charge in [0.25, 0.3) is 5.91 Å². The molecule has 1 atom stereocenters. The molecule has 0 saturated carbocycles. The predicted octanol–water partition coefficient (Wildman–Crippen LogP) is 1.24. The monoisotopic (exact) mass is 285 g/mol. The maximum atomic E-state index is 13.2. The second kappa shape index (κ2) is 8.50. The van der Waals surface area contributed by atoms with Gasteiger partial charge in [0.15, 0.2) is 6.10 Å². The zero-order valence-corrected chi connectivity index (χ0v) is 11.7. The van der Waals surface area contributed by atoms with E-state index in [-0.39, 0.29) is 18.3 Å². The van der Waals surface area contributed by atoms with Crippen LogP contribution in [0.1, 0.15) is 18.9 Å². The van der Waals surface area contributed by atoms with Crippen molar-refractivity contribution in [2.24, 2.45) is 0 Å². The first kappa shape index (κ1) is 16.4. The lowest BCUT2D eigenvalue weighted by Gasteiger charge is -2.15. The number of aliphatic hydroxyl groups excluding tert-OH is 1. The molecule has 0 radical (unpaired) electrons. The van der Waals surface area contributed by atoms with Crippen LogP contribution in [0.25, 0.3) is 0 Å². The second-order valence-corrected chi connectivity index (χ2v) is 4.35. The summed E-state index contributed by atoms with van der Waals surface area (Å²) in [5.74, 6) is -0.580. The van der Waals surface area contributed by atoms with Crippen LogP contribution in [0.3, 0.4) is 0 Å². The van der Waals surface area contributed by atoms with Crippen LogP contribution in [-0.4, -0.2) is 37.4 Å². The van der Waals surface area contributed by atoms with Crippen molar-refractivity contribution < 1.29 is 23.8 Å². The third-order valence-electron chi connectivity index (χ3n) is 2.62. The molecule has 0 saturated heterocycles. The summed E-state index contributed by atoms with van der Waals surface area (Å²) in [7, 11) is 1.59. The van der Waals surface area contributed by atoms with Gasteiger partial charge in [-0.15, -0.1) is 0 Å². The van der Waals surface area contributed by atoms with Crippen molar-refractivity contribution >= 4 is 5.91 Å². The van der Waals surface area contributed by atoms with Gasteiger partial charge in [-0.2, -0.15) is 0 Å². The largest absolute Gasteiger partial charge is 0.481 e. The van der Waals surface area contributed by atoms with E-state index in [1.54, 1.807) is 14.0 Å². The summed E-state index contributed by atoms with van der Waals surface area (Å²) in [5.41, 5.74) is 0.396. The Kier molecular flexibility index (Phi) is 6.97. The van der Waals surface area contributed by atoms with E-state index in [0.29, 0.717) is 25.1 Å². The first-order valence-electron chi connectivity index (χ1n) is 6.40. The molecule has 1 aromatic rings. The van der Waals surface area contributed by atoms with E-state index in [9.17, 15) is 9.18 Å². The van der Waals surface area contributed by atoms with Crippen LogP contribution in [0.15, 0.2) is 18.2 Å². The molecule has 5 nitrogen and oxygen atoms in total. The van der Waals surface area contributed by atoms with Crippen LogP contribution < -0.4 is 10.1 Å². The van der Waals surface area contributed by atoms with Crippen molar-refractivity contribution in [2.45, 2.75) is 26.1 Å². The number of ether oxygens (including phenoxy) is 2. The van der Waals surface area contributed by atoms with Crippen LogP contribution in [0, 0.1) is 5.82 Å². The molecule has 0 bridgehead atoms. The first-order valence-corrected chi connectivity index (χ1v) is 6.40.